The van der Waals surface area contributed by atoms with Crippen LogP contribution in [0.5, 0.6) is 5.75 Å². The predicted molar refractivity (Wildman–Crippen MR) is 75.9 cm³/mol. The van der Waals surface area contributed by atoms with Crippen LogP contribution in [0.2, 0.25) is 0 Å². The molecule has 17 heavy (non-hydrogen) atoms. The van der Waals surface area contributed by atoms with E-state index in [0.717, 1.165) is 5.75 Å². The van der Waals surface area contributed by atoms with Crippen molar-refractivity contribution in [3.8, 4) is 5.75 Å². The second kappa shape index (κ2) is 5.55. The van der Waals surface area contributed by atoms with Gasteiger partial charge in [0.1, 0.15) is 12.4 Å². The highest BCUT2D eigenvalue weighted by atomic mass is 32.2. The number of thioether (sulfide) groups is 2. The van der Waals surface area contributed by atoms with Crippen molar-refractivity contribution in [1.82, 2.24) is 0 Å². The summed E-state index contributed by atoms with van der Waals surface area (Å²) in [6.07, 6.45) is 0. The van der Waals surface area contributed by atoms with Gasteiger partial charge in [-0.05, 0) is 31.5 Å². The molecule has 0 spiro atoms. The van der Waals surface area contributed by atoms with Crippen molar-refractivity contribution in [2.75, 3.05) is 18.1 Å². The first kappa shape index (κ1) is 13.1. The maximum Gasteiger partial charge on any atom is 0.119 e. The van der Waals surface area contributed by atoms with Crippen molar-refractivity contribution in [3.05, 3.63) is 29.8 Å². The maximum absolute atomic E-state index is 9.57. The maximum atomic E-state index is 9.57. The molecule has 1 aromatic carbocycles. The molecule has 1 aliphatic heterocycles. The summed E-state index contributed by atoms with van der Waals surface area (Å²) in [7, 11) is 0. The Kier molecular flexibility index (Phi) is 4.28. The van der Waals surface area contributed by atoms with Crippen molar-refractivity contribution >= 4 is 23.5 Å². The number of rotatable bonds is 4. The molecule has 0 atom stereocenters. The lowest BCUT2D eigenvalue weighted by Gasteiger charge is -2.18. The lowest BCUT2D eigenvalue weighted by molar-refractivity contribution is 0.0285. The van der Waals surface area contributed by atoms with Crippen molar-refractivity contribution < 1.29 is 9.84 Å². The molecular weight excluding hydrogens is 252 g/mol. The fourth-order valence-electron chi connectivity index (χ4n) is 1.53. The van der Waals surface area contributed by atoms with E-state index >= 15 is 0 Å². The Morgan fingerprint density at radius 1 is 1.24 bits per heavy atom. The van der Waals surface area contributed by atoms with Crippen molar-refractivity contribution in [3.63, 3.8) is 0 Å². The Morgan fingerprint density at radius 2 is 1.82 bits per heavy atom. The molecule has 1 heterocycles. The number of hydrogen-bond acceptors (Lipinski definition) is 4. The van der Waals surface area contributed by atoms with Gasteiger partial charge in [-0.2, -0.15) is 0 Å². The largest absolute Gasteiger partial charge is 0.491 e. The number of benzene rings is 1. The molecule has 0 radical (unpaired) electrons. The van der Waals surface area contributed by atoms with Crippen LogP contribution in [0.1, 0.15) is 24.0 Å². The number of ether oxygens (including phenoxy) is 1. The van der Waals surface area contributed by atoms with E-state index in [4.69, 9.17) is 4.74 Å². The molecule has 1 aromatic rings. The first-order chi connectivity index (χ1) is 8.04. The second-order valence-corrected chi connectivity index (χ2v) is 7.47. The van der Waals surface area contributed by atoms with Gasteiger partial charge in [-0.15, -0.1) is 23.5 Å². The first-order valence-corrected chi connectivity index (χ1v) is 7.83. The van der Waals surface area contributed by atoms with Gasteiger partial charge in [-0.3, -0.25) is 0 Å². The van der Waals surface area contributed by atoms with Gasteiger partial charge < -0.3 is 9.84 Å². The number of aliphatic hydroxyl groups is 1. The van der Waals surface area contributed by atoms with Gasteiger partial charge in [-0.1, -0.05) is 12.1 Å². The third-order valence-electron chi connectivity index (χ3n) is 2.37. The molecule has 1 N–H and O–H groups in total. The van der Waals surface area contributed by atoms with Gasteiger partial charge in [0.25, 0.3) is 0 Å². The normalized spacial score (nSPS) is 17.4. The van der Waals surface area contributed by atoms with E-state index < -0.39 is 5.60 Å². The fraction of sp³-hybridized carbons (Fsp3) is 0.538. The lowest BCUT2D eigenvalue weighted by atomic mass is 10.2. The van der Waals surface area contributed by atoms with Gasteiger partial charge >= 0.3 is 0 Å². The fourth-order valence-corrected chi connectivity index (χ4v) is 4.39. The highest BCUT2D eigenvalue weighted by molar-refractivity contribution is 8.19. The highest BCUT2D eigenvalue weighted by Crippen LogP contribution is 2.45. The van der Waals surface area contributed by atoms with E-state index in [0.29, 0.717) is 11.2 Å². The molecule has 0 unspecified atom stereocenters. The van der Waals surface area contributed by atoms with E-state index in [1.165, 1.54) is 17.1 Å². The molecule has 0 aromatic heterocycles. The highest BCUT2D eigenvalue weighted by Gasteiger charge is 2.18. The molecule has 0 saturated carbocycles. The Labute approximate surface area is 111 Å². The van der Waals surface area contributed by atoms with Crippen LogP contribution in [0.15, 0.2) is 24.3 Å². The van der Waals surface area contributed by atoms with E-state index in [1.54, 1.807) is 13.8 Å². The van der Waals surface area contributed by atoms with Crippen molar-refractivity contribution in [2.45, 2.75) is 24.0 Å². The molecule has 1 fully saturated rings. The zero-order valence-electron chi connectivity index (χ0n) is 10.2. The van der Waals surface area contributed by atoms with Gasteiger partial charge in [0.15, 0.2) is 0 Å². The predicted octanol–water partition coefficient (Wildman–Crippen LogP) is 3.31. The third kappa shape index (κ3) is 4.12. The lowest BCUT2D eigenvalue weighted by Crippen LogP contribution is -2.27. The topological polar surface area (TPSA) is 29.5 Å². The van der Waals surface area contributed by atoms with E-state index in [-0.39, 0.29) is 0 Å². The van der Waals surface area contributed by atoms with Gasteiger partial charge in [-0.25, -0.2) is 0 Å². The standard InChI is InChI=1S/C13H18O2S2/c1-13(2,14)9-15-11-5-3-10(4-6-11)12-16-7-8-17-12/h3-6,12,14H,7-9H2,1-2H3. The van der Waals surface area contributed by atoms with Crippen LogP contribution in [-0.4, -0.2) is 28.8 Å². The molecule has 1 saturated heterocycles. The van der Waals surface area contributed by atoms with E-state index in [1.807, 2.05) is 35.7 Å². The van der Waals surface area contributed by atoms with Crippen LogP contribution < -0.4 is 4.74 Å². The molecule has 94 valence electrons. The van der Waals surface area contributed by atoms with Gasteiger partial charge in [0.05, 0.1) is 10.2 Å². The van der Waals surface area contributed by atoms with Crippen LogP contribution in [0, 0.1) is 0 Å². The minimum absolute atomic E-state index is 0.319. The van der Waals surface area contributed by atoms with Crippen molar-refractivity contribution in [2.24, 2.45) is 0 Å². The number of hydrogen-bond donors (Lipinski definition) is 1. The van der Waals surface area contributed by atoms with Crippen LogP contribution >= 0.6 is 23.5 Å². The summed E-state index contributed by atoms with van der Waals surface area (Å²) in [6.45, 7) is 3.81. The summed E-state index contributed by atoms with van der Waals surface area (Å²) in [6, 6.07) is 8.21. The Morgan fingerprint density at radius 3 is 2.35 bits per heavy atom. The van der Waals surface area contributed by atoms with Crippen molar-refractivity contribution in [1.29, 1.82) is 0 Å². The van der Waals surface area contributed by atoms with E-state index in [2.05, 4.69) is 12.1 Å². The minimum atomic E-state index is -0.782. The smallest absolute Gasteiger partial charge is 0.119 e. The second-order valence-electron chi connectivity index (χ2n) is 4.74. The molecule has 0 bridgehead atoms. The molecule has 0 amide bonds. The van der Waals surface area contributed by atoms with Crippen LogP contribution in [0.25, 0.3) is 0 Å². The average molecular weight is 270 g/mol. The SMILES string of the molecule is CC(C)(O)COc1ccc(C2SCCS2)cc1. The summed E-state index contributed by atoms with van der Waals surface area (Å²) in [5.41, 5.74) is 0.573. The minimum Gasteiger partial charge on any atom is -0.491 e. The summed E-state index contributed by atoms with van der Waals surface area (Å²) >= 11 is 4.00. The van der Waals surface area contributed by atoms with Gasteiger partial charge in [0.2, 0.25) is 0 Å². The molecule has 1 aliphatic rings. The zero-order valence-corrected chi connectivity index (χ0v) is 11.8. The molecule has 2 rings (SSSR count). The summed E-state index contributed by atoms with van der Waals surface area (Å²) < 4.78 is 6.11. The first-order valence-electron chi connectivity index (χ1n) is 5.73. The van der Waals surface area contributed by atoms with E-state index in [9.17, 15) is 5.11 Å². The monoisotopic (exact) mass is 270 g/mol. The average Bonchev–Trinajstić information content (AvgIpc) is 2.79. The third-order valence-corrected chi connectivity index (χ3v) is 5.47. The van der Waals surface area contributed by atoms with Crippen LogP contribution in [0.4, 0.5) is 0 Å². The van der Waals surface area contributed by atoms with Crippen LogP contribution in [0.3, 0.4) is 0 Å². The Hall–Kier alpha value is -0.320. The summed E-state index contributed by atoms with van der Waals surface area (Å²) in [5, 5.41) is 9.57. The zero-order chi connectivity index (χ0) is 12.3. The van der Waals surface area contributed by atoms with Crippen LogP contribution in [-0.2, 0) is 0 Å². The Bertz CT molecular complexity index is 351. The molecule has 2 nitrogen and oxygen atoms in total. The molecular formula is C13H18O2S2. The summed E-state index contributed by atoms with van der Waals surface area (Å²) in [4.78, 5) is 0. The Balaban J connectivity index is 1.93. The summed E-state index contributed by atoms with van der Waals surface area (Å²) in [5.74, 6) is 3.31. The quantitative estimate of drug-likeness (QED) is 0.909. The van der Waals surface area contributed by atoms with Gasteiger partial charge in [0, 0.05) is 11.5 Å². The molecule has 0 aliphatic carbocycles. The molecule has 4 heteroatoms.